The minimum absolute atomic E-state index is 0.164. The van der Waals surface area contributed by atoms with Crippen LogP contribution in [0.25, 0.3) is 11.3 Å². The van der Waals surface area contributed by atoms with Crippen molar-refractivity contribution in [3.8, 4) is 11.3 Å². The molecule has 0 radical (unpaired) electrons. The Morgan fingerprint density at radius 3 is 2.53 bits per heavy atom. The molecule has 1 N–H and O–H groups in total. The number of carbonyl (C=O) groups excluding carboxylic acids is 1. The normalized spacial score (nSPS) is 14.7. The minimum atomic E-state index is -5.08. The number of carbonyl (C=O) groups is 2. The summed E-state index contributed by atoms with van der Waals surface area (Å²) in [5.41, 5.74) is 2.05. The van der Waals surface area contributed by atoms with E-state index in [2.05, 4.69) is 26.7 Å². The number of hydrogen-bond donors (Lipinski definition) is 1. The number of aromatic nitrogens is 5. The van der Waals surface area contributed by atoms with Crippen molar-refractivity contribution in [3.05, 3.63) is 41.7 Å². The van der Waals surface area contributed by atoms with Crippen LogP contribution in [0.3, 0.4) is 0 Å². The molecular weight excluding hydrogens is 449 g/mol. The number of thiophene rings is 1. The molecule has 1 aliphatic rings. The van der Waals surface area contributed by atoms with E-state index >= 15 is 0 Å². The van der Waals surface area contributed by atoms with Gasteiger partial charge >= 0.3 is 12.1 Å². The molecule has 4 rings (SSSR count). The zero-order valence-corrected chi connectivity index (χ0v) is 17.7. The predicted molar refractivity (Wildman–Crippen MR) is 109 cm³/mol. The second-order valence-electron chi connectivity index (χ2n) is 7.20. The second-order valence-corrected chi connectivity index (χ2v) is 7.98. The molecule has 3 aromatic rings. The molecule has 0 bridgehead atoms. The number of carboxylic acid groups (broad SMARTS) is 1. The number of aliphatic carboxylic acids is 1. The number of likely N-dealkylation sites (tertiary alicyclic amines) is 1. The van der Waals surface area contributed by atoms with Gasteiger partial charge in [0.05, 0.1) is 12.5 Å². The standard InChI is InChI=1S/C17H20N6OS.C2HF3O2/c24-17(11-21-7-4-18-13-21)22-5-1-14(2-6-22)9-23-10-16(19-20-23)15-3-8-25-12-15;3-2(4,5)1(6)7/h3-4,7-8,10,12-14H,1-2,5-6,9,11H2;(H,6,7). The van der Waals surface area contributed by atoms with E-state index in [1.807, 2.05) is 31.9 Å². The molecule has 1 fully saturated rings. The SMILES string of the molecule is O=C(Cn1ccnc1)N1CCC(Cn2cc(-c3ccsc3)nn2)CC1.O=C(O)C(F)(F)F. The van der Waals surface area contributed by atoms with Gasteiger partial charge in [-0.3, -0.25) is 9.48 Å². The van der Waals surface area contributed by atoms with Crippen LogP contribution in [0.2, 0.25) is 0 Å². The highest BCUT2D eigenvalue weighted by Crippen LogP contribution is 2.22. The number of nitrogens with zero attached hydrogens (tertiary/aromatic N) is 6. The molecule has 172 valence electrons. The summed E-state index contributed by atoms with van der Waals surface area (Å²) in [5.74, 6) is -2.06. The Kier molecular flexibility index (Phi) is 7.62. The summed E-state index contributed by atoms with van der Waals surface area (Å²) in [5, 5.41) is 19.8. The second kappa shape index (κ2) is 10.4. The van der Waals surface area contributed by atoms with Crippen molar-refractivity contribution >= 4 is 23.2 Å². The Bertz CT molecular complexity index is 996. The van der Waals surface area contributed by atoms with E-state index in [1.165, 1.54) is 0 Å². The average Bonchev–Trinajstić information content (AvgIpc) is 3.51. The lowest BCUT2D eigenvalue weighted by Gasteiger charge is -2.32. The summed E-state index contributed by atoms with van der Waals surface area (Å²) in [6.45, 7) is 2.85. The molecule has 0 spiro atoms. The van der Waals surface area contributed by atoms with E-state index in [9.17, 15) is 18.0 Å². The molecule has 9 nitrogen and oxygen atoms in total. The molecule has 1 aliphatic heterocycles. The Labute approximate surface area is 185 Å². The van der Waals surface area contributed by atoms with Gasteiger partial charge in [-0.25, -0.2) is 9.78 Å². The van der Waals surface area contributed by atoms with Crippen LogP contribution in [-0.2, 0) is 22.7 Å². The summed E-state index contributed by atoms with van der Waals surface area (Å²) in [6, 6.07) is 2.06. The molecule has 13 heteroatoms. The third kappa shape index (κ3) is 6.64. The van der Waals surface area contributed by atoms with E-state index in [0.717, 1.165) is 43.7 Å². The van der Waals surface area contributed by atoms with E-state index in [4.69, 9.17) is 9.90 Å². The van der Waals surface area contributed by atoms with Crippen LogP contribution in [-0.4, -0.2) is 65.7 Å². The number of hydrogen-bond acceptors (Lipinski definition) is 6. The number of carboxylic acids is 1. The zero-order valence-electron chi connectivity index (χ0n) is 16.9. The van der Waals surface area contributed by atoms with Gasteiger partial charge in [-0.2, -0.15) is 24.5 Å². The molecule has 1 amide bonds. The highest BCUT2D eigenvalue weighted by Gasteiger charge is 2.38. The lowest BCUT2D eigenvalue weighted by atomic mass is 9.97. The van der Waals surface area contributed by atoms with Crippen molar-refractivity contribution in [2.75, 3.05) is 13.1 Å². The Hall–Kier alpha value is -3.22. The van der Waals surface area contributed by atoms with E-state index in [1.54, 1.807) is 23.9 Å². The maximum absolute atomic E-state index is 12.3. The van der Waals surface area contributed by atoms with Crippen LogP contribution in [0, 0.1) is 5.92 Å². The number of imidazole rings is 1. The van der Waals surface area contributed by atoms with Crippen molar-refractivity contribution in [1.82, 2.24) is 29.4 Å². The summed E-state index contributed by atoms with van der Waals surface area (Å²) < 4.78 is 35.5. The first kappa shape index (κ1) is 23.4. The number of alkyl halides is 3. The van der Waals surface area contributed by atoms with Crippen LogP contribution < -0.4 is 0 Å². The first-order valence-electron chi connectivity index (χ1n) is 9.68. The third-order valence-electron chi connectivity index (χ3n) is 4.89. The zero-order chi connectivity index (χ0) is 23.1. The quantitative estimate of drug-likeness (QED) is 0.615. The van der Waals surface area contributed by atoms with Crippen LogP contribution in [0.1, 0.15) is 12.8 Å². The predicted octanol–water partition coefficient (Wildman–Crippen LogP) is 2.78. The van der Waals surface area contributed by atoms with Gasteiger partial charge in [-0.05, 0) is 30.2 Å². The van der Waals surface area contributed by atoms with Gasteiger partial charge in [0.2, 0.25) is 5.91 Å². The van der Waals surface area contributed by atoms with Gasteiger partial charge < -0.3 is 14.6 Å². The number of rotatable bonds is 5. The average molecular weight is 470 g/mol. The van der Waals surface area contributed by atoms with Crippen LogP contribution >= 0.6 is 11.3 Å². The minimum Gasteiger partial charge on any atom is -0.475 e. The molecule has 0 aromatic carbocycles. The van der Waals surface area contributed by atoms with Crippen molar-refractivity contribution in [1.29, 1.82) is 0 Å². The summed E-state index contributed by atoms with van der Waals surface area (Å²) in [4.78, 5) is 27.1. The molecule has 32 heavy (non-hydrogen) atoms. The summed E-state index contributed by atoms with van der Waals surface area (Å²) >= 11 is 1.66. The molecule has 1 saturated heterocycles. The highest BCUT2D eigenvalue weighted by molar-refractivity contribution is 7.08. The van der Waals surface area contributed by atoms with Crippen molar-refractivity contribution in [2.45, 2.75) is 32.1 Å². The Balaban J connectivity index is 0.000000360. The molecule has 0 unspecified atom stereocenters. The van der Waals surface area contributed by atoms with Crippen LogP contribution in [0.5, 0.6) is 0 Å². The van der Waals surface area contributed by atoms with Crippen LogP contribution in [0.4, 0.5) is 13.2 Å². The number of halogens is 3. The molecule has 0 aliphatic carbocycles. The summed E-state index contributed by atoms with van der Waals surface area (Å²) in [6.07, 6.45) is 4.13. The van der Waals surface area contributed by atoms with Crippen molar-refractivity contribution < 1.29 is 27.9 Å². The van der Waals surface area contributed by atoms with Gasteiger partial charge in [0.15, 0.2) is 0 Å². The lowest BCUT2D eigenvalue weighted by molar-refractivity contribution is -0.192. The van der Waals surface area contributed by atoms with Gasteiger partial charge in [-0.15, -0.1) is 5.10 Å². The fourth-order valence-electron chi connectivity index (χ4n) is 3.20. The van der Waals surface area contributed by atoms with Gasteiger partial charge in [0, 0.05) is 43.0 Å². The molecule has 0 saturated carbocycles. The topological polar surface area (TPSA) is 106 Å². The van der Waals surface area contributed by atoms with Crippen molar-refractivity contribution in [3.63, 3.8) is 0 Å². The number of amides is 1. The van der Waals surface area contributed by atoms with E-state index in [0.29, 0.717) is 12.5 Å². The number of piperidine rings is 1. The van der Waals surface area contributed by atoms with Gasteiger partial charge in [0.1, 0.15) is 12.2 Å². The Morgan fingerprint density at radius 2 is 1.97 bits per heavy atom. The monoisotopic (exact) mass is 470 g/mol. The first-order valence-corrected chi connectivity index (χ1v) is 10.6. The molecule has 3 aromatic heterocycles. The maximum Gasteiger partial charge on any atom is 0.490 e. The fraction of sp³-hybridized carbons (Fsp3) is 0.421. The van der Waals surface area contributed by atoms with Gasteiger partial charge in [0.25, 0.3) is 0 Å². The Morgan fingerprint density at radius 1 is 1.25 bits per heavy atom. The van der Waals surface area contributed by atoms with Gasteiger partial charge in [-0.1, -0.05) is 5.21 Å². The van der Waals surface area contributed by atoms with Crippen LogP contribution in [0.15, 0.2) is 41.7 Å². The molecule has 4 heterocycles. The smallest absolute Gasteiger partial charge is 0.475 e. The lowest BCUT2D eigenvalue weighted by Crippen LogP contribution is -2.40. The largest absolute Gasteiger partial charge is 0.490 e. The molecular formula is C19H21F3N6O3S. The first-order chi connectivity index (χ1) is 15.2. The molecule has 0 atom stereocenters. The highest BCUT2D eigenvalue weighted by atomic mass is 32.1. The van der Waals surface area contributed by atoms with Crippen molar-refractivity contribution in [2.24, 2.45) is 5.92 Å². The van der Waals surface area contributed by atoms with E-state index < -0.39 is 12.1 Å². The third-order valence-corrected chi connectivity index (χ3v) is 5.57. The maximum atomic E-state index is 12.3. The fourth-order valence-corrected chi connectivity index (χ4v) is 3.85. The van der Waals surface area contributed by atoms with E-state index in [-0.39, 0.29) is 5.91 Å². The summed E-state index contributed by atoms with van der Waals surface area (Å²) in [7, 11) is 0.